The van der Waals surface area contributed by atoms with Crippen LogP contribution in [-0.2, 0) is 23.9 Å². The Morgan fingerprint density at radius 2 is 1.97 bits per heavy atom. The van der Waals surface area contributed by atoms with Crippen molar-refractivity contribution in [1.29, 1.82) is 0 Å². The maximum atomic E-state index is 13.8. The first-order valence-corrected chi connectivity index (χ1v) is 11.0. The number of aliphatic carboxylic acids is 1. The number of aromatic nitrogens is 2. The van der Waals surface area contributed by atoms with Crippen LogP contribution in [0.25, 0.3) is 0 Å². The molecule has 32 heavy (non-hydrogen) atoms. The Balaban J connectivity index is 1.46. The van der Waals surface area contributed by atoms with Gasteiger partial charge in [0.1, 0.15) is 11.6 Å². The number of hydrogen-bond acceptors (Lipinski definition) is 4. The van der Waals surface area contributed by atoms with Gasteiger partial charge in [0, 0.05) is 18.7 Å². The van der Waals surface area contributed by atoms with Crippen molar-refractivity contribution < 1.29 is 27.8 Å². The van der Waals surface area contributed by atoms with Crippen molar-refractivity contribution >= 4 is 11.8 Å². The van der Waals surface area contributed by atoms with E-state index in [9.17, 15) is 23.1 Å². The predicted octanol–water partition coefficient (Wildman–Crippen LogP) is 4.21. The van der Waals surface area contributed by atoms with Gasteiger partial charge in [0.2, 0.25) is 0 Å². The zero-order valence-corrected chi connectivity index (χ0v) is 17.9. The molecule has 0 spiro atoms. The van der Waals surface area contributed by atoms with E-state index in [2.05, 4.69) is 5.10 Å². The molecule has 6 nitrogen and oxygen atoms in total. The van der Waals surface area contributed by atoms with Crippen LogP contribution in [0.1, 0.15) is 42.5 Å². The minimum atomic E-state index is -4.51. The number of rotatable bonds is 6. The number of alkyl halides is 3. The number of ether oxygens (including phenoxy) is 1. The van der Waals surface area contributed by atoms with Gasteiger partial charge in [0.05, 0.1) is 19.1 Å². The van der Waals surface area contributed by atoms with Gasteiger partial charge in [-0.05, 0) is 61.6 Å². The topological polar surface area (TPSA) is 67.6 Å². The van der Waals surface area contributed by atoms with E-state index in [-0.39, 0.29) is 18.0 Å². The Bertz CT molecular complexity index is 1030. The zero-order valence-electron chi connectivity index (χ0n) is 17.9. The largest absolute Gasteiger partial charge is 0.497 e. The molecule has 3 aliphatic carbocycles. The molecule has 3 saturated carbocycles. The number of nitrogens with zero attached hydrogens (tertiary/aromatic N) is 3. The van der Waals surface area contributed by atoms with Gasteiger partial charge >= 0.3 is 12.1 Å². The summed E-state index contributed by atoms with van der Waals surface area (Å²) in [4.78, 5) is 13.7. The van der Waals surface area contributed by atoms with E-state index in [1.54, 1.807) is 19.2 Å². The van der Waals surface area contributed by atoms with Gasteiger partial charge in [-0.15, -0.1) is 0 Å². The average molecular weight is 449 g/mol. The molecule has 2 aromatic rings. The molecule has 2 heterocycles. The molecule has 4 aliphatic rings. The molecular weight excluding hydrogens is 423 g/mol. The lowest BCUT2D eigenvalue weighted by atomic mass is 9.69. The Morgan fingerprint density at radius 3 is 2.56 bits per heavy atom. The third-order valence-corrected chi connectivity index (χ3v) is 7.47. The van der Waals surface area contributed by atoms with E-state index in [0.717, 1.165) is 5.56 Å². The van der Waals surface area contributed by atoms with Crippen LogP contribution >= 0.6 is 0 Å². The summed E-state index contributed by atoms with van der Waals surface area (Å²) >= 11 is 0. The fourth-order valence-corrected chi connectivity index (χ4v) is 5.92. The zero-order chi connectivity index (χ0) is 22.7. The number of hydrogen-bond donors (Lipinski definition) is 1. The first-order valence-electron chi connectivity index (χ1n) is 11.0. The van der Waals surface area contributed by atoms with E-state index in [0.29, 0.717) is 62.7 Å². The lowest BCUT2D eigenvalue weighted by molar-refractivity contribution is -0.153. The normalized spacial score (nSPS) is 26.6. The number of methoxy groups -OCH3 is 1. The summed E-state index contributed by atoms with van der Waals surface area (Å²) < 4.78 is 48.0. The maximum Gasteiger partial charge on any atom is 0.435 e. The predicted molar refractivity (Wildman–Crippen MR) is 111 cm³/mol. The van der Waals surface area contributed by atoms with Gasteiger partial charge in [0.15, 0.2) is 5.69 Å². The third-order valence-electron chi connectivity index (χ3n) is 7.47. The monoisotopic (exact) mass is 449 g/mol. The smallest absolute Gasteiger partial charge is 0.435 e. The molecule has 1 unspecified atom stereocenters. The second-order valence-electron chi connectivity index (χ2n) is 9.42. The van der Waals surface area contributed by atoms with Crippen LogP contribution in [0, 0.1) is 17.3 Å². The molecule has 1 aliphatic heterocycles. The number of benzene rings is 1. The van der Waals surface area contributed by atoms with Gasteiger partial charge in [-0.1, -0.05) is 12.1 Å². The van der Waals surface area contributed by atoms with E-state index in [1.807, 2.05) is 17.0 Å². The van der Waals surface area contributed by atoms with Crippen molar-refractivity contribution in [2.45, 2.75) is 44.8 Å². The molecular formula is C23H26F3N3O3. The lowest BCUT2D eigenvalue weighted by Gasteiger charge is -2.36. The molecule has 1 aromatic heterocycles. The molecule has 2 bridgehead atoms. The molecule has 1 N–H and O–H groups in total. The summed E-state index contributed by atoms with van der Waals surface area (Å²) in [5.41, 5.74) is -0.323. The quantitative estimate of drug-likeness (QED) is 0.716. The highest BCUT2D eigenvalue weighted by molar-refractivity contribution is 5.77. The summed E-state index contributed by atoms with van der Waals surface area (Å²) in [7, 11) is 1.56. The highest BCUT2D eigenvalue weighted by atomic mass is 19.4. The first kappa shape index (κ1) is 21.2. The fraction of sp³-hybridized carbons (Fsp3) is 0.565. The Hall–Kier alpha value is -2.71. The molecule has 0 radical (unpaired) electrons. The second kappa shape index (κ2) is 7.42. The van der Waals surface area contributed by atoms with E-state index >= 15 is 0 Å². The van der Waals surface area contributed by atoms with Crippen molar-refractivity contribution in [3.8, 4) is 5.75 Å². The van der Waals surface area contributed by atoms with E-state index in [1.165, 1.54) is 4.68 Å². The standard InChI is InChI=1S/C23H26F3N3O3/c1-32-17-6-4-14(5-7-17)12-29-20-18(19(27-29)23(24,25)26)3-2-8-28(20)13-16-11-22(21(30)31)9-15(16)10-22/h4-7,15-16H,2-3,8-13H2,1H3,(H,30,31). The van der Waals surface area contributed by atoms with Crippen LogP contribution in [-0.4, -0.2) is 41.1 Å². The average Bonchev–Trinajstić information content (AvgIpc) is 3.38. The van der Waals surface area contributed by atoms with Crippen LogP contribution in [0.2, 0.25) is 0 Å². The SMILES string of the molecule is COc1ccc(Cn2nc(C(F)(F)F)c3c2N(CC2CC4(C(=O)O)CC2C4)CCC3)cc1. The number of halogens is 3. The number of anilines is 1. The number of fused-ring (bicyclic) bond motifs is 2. The third kappa shape index (κ3) is 3.42. The van der Waals surface area contributed by atoms with Crippen LogP contribution in [0.15, 0.2) is 24.3 Å². The molecule has 9 heteroatoms. The summed E-state index contributed by atoms with van der Waals surface area (Å²) in [6.45, 7) is 1.46. The minimum absolute atomic E-state index is 0.190. The minimum Gasteiger partial charge on any atom is -0.497 e. The molecule has 0 amide bonds. The van der Waals surface area contributed by atoms with Gasteiger partial charge in [-0.3, -0.25) is 4.79 Å². The molecule has 1 atom stereocenters. The maximum absolute atomic E-state index is 13.8. The molecule has 0 saturated heterocycles. The van der Waals surface area contributed by atoms with Gasteiger partial charge in [0.25, 0.3) is 0 Å². The summed E-state index contributed by atoms with van der Waals surface area (Å²) in [5, 5.41) is 13.6. The lowest BCUT2D eigenvalue weighted by Crippen LogP contribution is -2.38. The van der Waals surface area contributed by atoms with Crippen molar-refractivity contribution in [3.63, 3.8) is 0 Å². The number of carboxylic acid groups (broad SMARTS) is 1. The van der Waals surface area contributed by atoms with Crippen molar-refractivity contribution in [3.05, 3.63) is 41.1 Å². The number of carbonyl (C=O) groups is 1. The van der Waals surface area contributed by atoms with Crippen molar-refractivity contribution in [2.75, 3.05) is 25.1 Å². The summed E-state index contributed by atoms with van der Waals surface area (Å²) in [5.74, 6) is 1.01. The number of carboxylic acids is 1. The van der Waals surface area contributed by atoms with E-state index < -0.39 is 23.3 Å². The molecule has 3 fully saturated rings. The van der Waals surface area contributed by atoms with Crippen LogP contribution in [0.3, 0.4) is 0 Å². The van der Waals surface area contributed by atoms with Crippen LogP contribution < -0.4 is 9.64 Å². The van der Waals surface area contributed by atoms with Crippen molar-refractivity contribution in [2.24, 2.45) is 17.3 Å². The van der Waals surface area contributed by atoms with Gasteiger partial charge in [-0.25, -0.2) is 4.68 Å². The Morgan fingerprint density at radius 1 is 1.25 bits per heavy atom. The summed E-state index contributed by atoms with van der Waals surface area (Å²) in [6, 6.07) is 7.22. The summed E-state index contributed by atoms with van der Waals surface area (Å²) in [6.07, 6.45) is -1.56. The highest BCUT2D eigenvalue weighted by Gasteiger charge is 2.60. The first-order chi connectivity index (χ1) is 15.2. The molecule has 6 rings (SSSR count). The fourth-order valence-electron chi connectivity index (χ4n) is 5.92. The van der Waals surface area contributed by atoms with Crippen LogP contribution in [0.4, 0.5) is 19.0 Å². The van der Waals surface area contributed by atoms with Gasteiger partial charge < -0.3 is 14.7 Å². The second-order valence-corrected chi connectivity index (χ2v) is 9.42. The Kier molecular flexibility index (Phi) is 4.90. The van der Waals surface area contributed by atoms with Gasteiger partial charge in [-0.2, -0.15) is 18.3 Å². The Labute approximate surface area is 184 Å². The van der Waals surface area contributed by atoms with Crippen molar-refractivity contribution in [1.82, 2.24) is 9.78 Å². The molecule has 1 aromatic carbocycles. The highest BCUT2D eigenvalue weighted by Crippen LogP contribution is 2.62. The molecule has 172 valence electrons. The van der Waals surface area contributed by atoms with E-state index in [4.69, 9.17) is 4.74 Å². The van der Waals surface area contributed by atoms with Crippen LogP contribution in [0.5, 0.6) is 5.75 Å².